The van der Waals surface area contributed by atoms with Crippen LogP contribution >= 0.6 is 23.2 Å². The Bertz CT molecular complexity index is 855. The van der Waals surface area contributed by atoms with E-state index in [-0.39, 0.29) is 15.7 Å². The molecule has 1 atom stereocenters. The molecular weight excluding hydrogens is 358 g/mol. The minimum absolute atomic E-state index is 0.0613. The van der Waals surface area contributed by atoms with Gasteiger partial charge in [0.25, 0.3) is 0 Å². The molecule has 9 heteroatoms. The molecule has 124 valence electrons. The summed E-state index contributed by atoms with van der Waals surface area (Å²) < 4.78 is 18.0. The molecule has 24 heavy (non-hydrogen) atoms. The lowest BCUT2D eigenvalue weighted by Gasteiger charge is -2.22. The van der Waals surface area contributed by atoms with Crippen molar-refractivity contribution >= 4 is 29.2 Å². The van der Waals surface area contributed by atoms with E-state index in [0.29, 0.717) is 11.3 Å². The number of aromatic nitrogens is 1. The Morgan fingerprint density at radius 2 is 2.08 bits per heavy atom. The quantitative estimate of drug-likeness (QED) is 0.253. The summed E-state index contributed by atoms with van der Waals surface area (Å²) in [7, 11) is 1.18. The lowest BCUT2D eigenvalue weighted by atomic mass is 9.92. The predicted molar refractivity (Wildman–Crippen MR) is 88.2 cm³/mol. The van der Waals surface area contributed by atoms with Gasteiger partial charge in [0.1, 0.15) is 11.0 Å². The number of hydrogen-bond acceptors (Lipinski definition) is 4. The first kappa shape index (κ1) is 18.0. The van der Waals surface area contributed by atoms with Crippen LogP contribution in [0.1, 0.15) is 12.5 Å². The fraction of sp³-hybridized carbons (Fsp3) is 0.200. The van der Waals surface area contributed by atoms with E-state index in [1.165, 1.54) is 44.4 Å². The SMILES string of the molecule is COC(=O)C(C)(N=[N+]=[N-])c1cc(Cl)nc(-c2ccc(F)c(Cl)c2)c1. The van der Waals surface area contributed by atoms with E-state index in [1.54, 1.807) is 0 Å². The summed E-state index contributed by atoms with van der Waals surface area (Å²) in [6.45, 7) is 1.39. The molecule has 0 bridgehead atoms. The number of esters is 1. The number of nitrogens with zero attached hydrogens (tertiary/aromatic N) is 4. The number of rotatable bonds is 4. The van der Waals surface area contributed by atoms with Gasteiger partial charge in [-0.3, -0.25) is 4.79 Å². The van der Waals surface area contributed by atoms with Crippen LogP contribution in [0.3, 0.4) is 0 Å². The first-order valence-corrected chi connectivity index (χ1v) is 7.35. The van der Waals surface area contributed by atoms with E-state index in [9.17, 15) is 9.18 Å². The van der Waals surface area contributed by atoms with Crippen LogP contribution in [0, 0.1) is 5.82 Å². The molecule has 0 spiro atoms. The van der Waals surface area contributed by atoms with Gasteiger partial charge in [0.05, 0.1) is 17.8 Å². The Hall–Kier alpha value is -2.34. The summed E-state index contributed by atoms with van der Waals surface area (Å²) in [5.41, 5.74) is 8.24. The number of azide groups is 1. The normalized spacial score (nSPS) is 12.9. The monoisotopic (exact) mass is 368 g/mol. The van der Waals surface area contributed by atoms with E-state index >= 15 is 0 Å². The highest BCUT2D eigenvalue weighted by Crippen LogP contribution is 2.33. The number of methoxy groups -OCH3 is 1. The van der Waals surface area contributed by atoms with E-state index in [4.69, 9.17) is 33.5 Å². The molecule has 1 aromatic carbocycles. The highest BCUT2D eigenvalue weighted by molar-refractivity contribution is 6.31. The third-order valence-electron chi connectivity index (χ3n) is 3.40. The molecule has 2 aromatic rings. The second-order valence-corrected chi connectivity index (χ2v) is 5.74. The van der Waals surface area contributed by atoms with Crippen molar-refractivity contribution in [3.05, 3.63) is 62.3 Å². The zero-order valence-electron chi connectivity index (χ0n) is 12.6. The lowest BCUT2D eigenvalue weighted by Crippen LogP contribution is -2.31. The van der Waals surface area contributed by atoms with Gasteiger partial charge in [-0.05, 0) is 48.4 Å². The van der Waals surface area contributed by atoms with Crippen molar-refractivity contribution in [2.24, 2.45) is 5.11 Å². The van der Waals surface area contributed by atoms with E-state index in [1.807, 2.05) is 0 Å². The fourth-order valence-electron chi connectivity index (χ4n) is 2.09. The second-order valence-electron chi connectivity index (χ2n) is 4.95. The highest BCUT2D eigenvalue weighted by Gasteiger charge is 2.36. The Morgan fingerprint density at radius 3 is 2.67 bits per heavy atom. The smallest absolute Gasteiger partial charge is 0.322 e. The lowest BCUT2D eigenvalue weighted by molar-refractivity contribution is -0.146. The van der Waals surface area contributed by atoms with Gasteiger partial charge in [-0.1, -0.05) is 28.3 Å². The first-order valence-electron chi connectivity index (χ1n) is 6.60. The molecule has 1 unspecified atom stereocenters. The number of ether oxygens (including phenoxy) is 1. The third kappa shape index (κ3) is 3.43. The summed E-state index contributed by atoms with van der Waals surface area (Å²) in [5, 5.41) is 3.52. The van der Waals surface area contributed by atoms with Crippen LogP contribution in [-0.4, -0.2) is 18.1 Å². The predicted octanol–water partition coefficient (Wildman–Crippen LogP) is 4.89. The molecule has 0 fully saturated rings. The molecule has 0 saturated carbocycles. The topological polar surface area (TPSA) is 88.0 Å². The van der Waals surface area contributed by atoms with Crippen molar-refractivity contribution < 1.29 is 13.9 Å². The number of pyridine rings is 1. The van der Waals surface area contributed by atoms with Crippen LogP contribution in [0.5, 0.6) is 0 Å². The Balaban J connectivity index is 2.65. The molecule has 0 aliphatic rings. The molecular formula is C15H11Cl2FN4O2. The minimum atomic E-state index is -1.63. The van der Waals surface area contributed by atoms with Gasteiger partial charge in [-0.2, -0.15) is 0 Å². The molecule has 0 N–H and O–H groups in total. The van der Waals surface area contributed by atoms with Gasteiger partial charge in [0.15, 0.2) is 5.54 Å². The standard InChI is InChI=1S/C15H11Cl2FN4O2/c1-15(21-22-19,14(23)24-2)9-6-12(20-13(17)7-9)8-3-4-11(18)10(16)5-8/h3-7H,1-2H3. The molecule has 1 aromatic heterocycles. The van der Waals surface area contributed by atoms with Crippen LogP contribution < -0.4 is 0 Å². The largest absolute Gasteiger partial charge is 0.468 e. The fourth-order valence-corrected chi connectivity index (χ4v) is 2.48. The van der Waals surface area contributed by atoms with Gasteiger partial charge < -0.3 is 4.74 Å². The third-order valence-corrected chi connectivity index (χ3v) is 3.88. The van der Waals surface area contributed by atoms with Gasteiger partial charge in [-0.15, -0.1) is 0 Å². The van der Waals surface area contributed by atoms with E-state index in [0.717, 1.165) is 0 Å². The van der Waals surface area contributed by atoms with Crippen molar-refractivity contribution in [3.8, 4) is 11.3 Å². The van der Waals surface area contributed by atoms with Gasteiger partial charge in [0.2, 0.25) is 0 Å². The Morgan fingerprint density at radius 1 is 1.38 bits per heavy atom. The zero-order valence-corrected chi connectivity index (χ0v) is 14.1. The zero-order chi connectivity index (χ0) is 17.9. The van der Waals surface area contributed by atoms with Gasteiger partial charge in [0, 0.05) is 10.5 Å². The number of carbonyl (C=O) groups excluding carboxylic acids is 1. The van der Waals surface area contributed by atoms with Crippen LogP contribution in [0.25, 0.3) is 21.7 Å². The van der Waals surface area contributed by atoms with Gasteiger partial charge >= 0.3 is 5.97 Å². The number of benzene rings is 1. The Labute approximate surface area is 146 Å². The van der Waals surface area contributed by atoms with Crippen LogP contribution in [0.2, 0.25) is 10.2 Å². The summed E-state index contributed by atoms with van der Waals surface area (Å²) in [5.74, 6) is -1.33. The van der Waals surface area contributed by atoms with Crippen molar-refractivity contribution in [3.63, 3.8) is 0 Å². The van der Waals surface area contributed by atoms with Gasteiger partial charge in [-0.25, -0.2) is 9.37 Å². The summed E-state index contributed by atoms with van der Waals surface area (Å²) in [6.07, 6.45) is 0. The highest BCUT2D eigenvalue weighted by atomic mass is 35.5. The number of carbonyl (C=O) groups is 1. The minimum Gasteiger partial charge on any atom is -0.468 e. The molecule has 1 heterocycles. The molecule has 2 rings (SSSR count). The van der Waals surface area contributed by atoms with E-state index < -0.39 is 17.3 Å². The maximum absolute atomic E-state index is 13.3. The molecule has 0 amide bonds. The molecule has 0 radical (unpaired) electrons. The van der Waals surface area contributed by atoms with Crippen molar-refractivity contribution in [1.82, 2.24) is 4.98 Å². The summed E-state index contributed by atoms with van der Waals surface area (Å²) in [4.78, 5) is 18.9. The summed E-state index contributed by atoms with van der Waals surface area (Å²) >= 11 is 11.8. The Kier molecular flexibility index (Phi) is 5.29. The van der Waals surface area contributed by atoms with E-state index in [2.05, 4.69) is 15.0 Å². The molecule has 6 nitrogen and oxygen atoms in total. The van der Waals surface area contributed by atoms with Crippen LogP contribution in [-0.2, 0) is 15.1 Å². The number of halogens is 3. The molecule has 0 saturated heterocycles. The van der Waals surface area contributed by atoms with Crippen molar-refractivity contribution in [2.75, 3.05) is 7.11 Å². The molecule has 0 aliphatic heterocycles. The average Bonchev–Trinajstić information content (AvgIpc) is 2.56. The van der Waals surface area contributed by atoms with Crippen molar-refractivity contribution in [1.29, 1.82) is 0 Å². The van der Waals surface area contributed by atoms with Crippen LogP contribution in [0.4, 0.5) is 4.39 Å². The van der Waals surface area contributed by atoms with Crippen LogP contribution in [0.15, 0.2) is 35.4 Å². The summed E-state index contributed by atoms with van der Waals surface area (Å²) in [6, 6.07) is 6.92. The maximum atomic E-state index is 13.3. The maximum Gasteiger partial charge on any atom is 0.322 e. The first-order chi connectivity index (χ1) is 11.3. The van der Waals surface area contributed by atoms with Crippen molar-refractivity contribution in [2.45, 2.75) is 12.5 Å². The molecule has 0 aliphatic carbocycles. The second kappa shape index (κ2) is 7.05. The average molecular weight is 369 g/mol. The number of hydrogen-bond donors (Lipinski definition) is 0.